The monoisotopic (exact) mass is 390 g/mol. The number of carbonyl (C=O) groups excluding carboxylic acids is 2. The van der Waals surface area contributed by atoms with E-state index in [1.165, 1.54) is 0 Å². The number of rotatable bonds is 8. The van der Waals surface area contributed by atoms with Gasteiger partial charge >= 0.3 is 0 Å². The van der Waals surface area contributed by atoms with Gasteiger partial charge in [0.2, 0.25) is 5.91 Å². The molecule has 27 heavy (non-hydrogen) atoms. The van der Waals surface area contributed by atoms with Crippen LogP contribution in [0.5, 0.6) is 11.5 Å². The molecule has 2 aromatic rings. The Labute approximate surface area is 163 Å². The average Bonchev–Trinajstić information content (AvgIpc) is 2.66. The lowest BCUT2D eigenvalue weighted by Gasteiger charge is -2.10. The maximum atomic E-state index is 11.7. The predicted molar refractivity (Wildman–Crippen MR) is 104 cm³/mol. The van der Waals surface area contributed by atoms with E-state index in [1.54, 1.807) is 18.2 Å². The van der Waals surface area contributed by atoms with E-state index in [0.29, 0.717) is 23.8 Å². The van der Waals surface area contributed by atoms with Gasteiger partial charge in [-0.25, -0.2) is 0 Å². The van der Waals surface area contributed by atoms with Crippen LogP contribution < -0.4 is 20.3 Å². The number of carbonyl (C=O) groups is 2. The van der Waals surface area contributed by atoms with Crippen molar-refractivity contribution in [2.24, 2.45) is 0 Å². The number of amides is 2. The second kappa shape index (κ2) is 10.4. The number of halogens is 1. The Kier molecular flexibility index (Phi) is 7.95. The third kappa shape index (κ3) is 7.58. The molecule has 2 aromatic carbocycles. The molecular weight excluding hydrogens is 368 g/mol. The number of nitrogens with one attached hydrogen (secondary N) is 2. The normalized spacial score (nSPS) is 10.2. The van der Waals surface area contributed by atoms with Crippen LogP contribution in [0.15, 0.2) is 42.5 Å². The van der Waals surface area contributed by atoms with Crippen molar-refractivity contribution in [3.8, 4) is 11.5 Å². The largest absolute Gasteiger partial charge is 0.494 e. The van der Waals surface area contributed by atoms with Crippen LogP contribution in [-0.2, 0) is 9.59 Å². The summed E-state index contributed by atoms with van der Waals surface area (Å²) in [7, 11) is 0. The zero-order valence-corrected chi connectivity index (χ0v) is 16.1. The van der Waals surface area contributed by atoms with Crippen molar-refractivity contribution in [1.29, 1.82) is 0 Å². The van der Waals surface area contributed by atoms with Crippen LogP contribution in [0.2, 0.25) is 5.02 Å². The Morgan fingerprint density at radius 2 is 1.59 bits per heavy atom. The smallest absolute Gasteiger partial charge is 0.276 e. The van der Waals surface area contributed by atoms with Crippen LogP contribution in [0, 0.1) is 13.8 Å². The molecule has 0 heterocycles. The fraction of sp³-hybridized carbons (Fsp3) is 0.300. The molecule has 0 atom stereocenters. The maximum Gasteiger partial charge on any atom is 0.276 e. The number of hydrogen-bond acceptors (Lipinski definition) is 4. The molecule has 0 aromatic heterocycles. The van der Waals surface area contributed by atoms with E-state index >= 15 is 0 Å². The first kappa shape index (κ1) is 20.6. The highest BCUT2D eigenvalue weighted by Gasteiger charge is 2.07. The van der Waals surface area contributed by atoms with Gasteiger partial charge in [-0.05, 0) is 56.2 Å². The number of hydrazine groups is 1. The summed E-state index contributed by atoms with van der Waals surface area (Å²) in [5.74, 6) is 0.556. The van der Waals surface area contributed by atoms with Gasteiger partial charge in [-0.3, -0.25) is 20.4 Å². The highest BCUT2D eigenvalue weighted by atomic mass is 35.5. The zero-order valence-electron chi connectivity index (χ0n) is 15.4. The summed E-state index contributed by atoms with van der Waals surface area (Å²) in [6.45, 7) is 4.06. The Hall–Kier alpha value is -2.73. The summed E-state index contributed by atoms with van der Waals surface area (Å²) < 4.78 is 10.9. The van der Waals surface area contributed by atoms with E-state index in [1.807, 2.05) is 38.1 Å². The van der Waals surface area contributed by atoms with E-state index < -0.39 is 5.91 Å². The second-order valence-electron chi connectivity index (χ2n) is 6.06. The number of benzene rings is 2. The average molecular weight is 391 g/mol. The molecule has 2 amide bonds. The Morgan fingerprint density at radius 3 is 2.30 bits per heavy atom. The van der Waals surface area contributed by atoms with Crippen LogP contribution in [0.25, 0.3) is 0 Å². The molecule has 0 radical (unpaired) electrons. The van der Waals surface area contributed by atoms with Crippen molar-refractivity contribution in [2.45, 2.75) is 26.7 Å². The van der Waals surface area contributed by atoms with E-state index in [4.69, 9.17) is 21.1 Å². The highest BCUT2D eigenvalue weighted by molar-refractivity contribution is 6.31. The van der Waals surface area contributed by atoms with Gasteiger partial charge in [0.15, 0.2) is 6.61 Å². The minimum Gasteiger partial charge on any atom is -0.494 e. The molecule has 0 aliphatic heterocycles. The molecule has 0 spiro atoms. The summed E-state index contributed by atoms with van der Waals surface area (Å²) in [5, 5.41) is 0.630. The van der Waals surface area contributed by atoms with Gasteiger partial charge < -0.3 is 9.47 Å². The Morgan fingerprint density at radius 1 is 0.926 bits per heavy atom. The Bertz CT molecular complexity index is 778. The lowest BCUT2D eigenvalue weighted by Crippen LogP contribution is -2.43. The van der Waals surface area contributed by atoms with Crippen LogP contribution in [0.1, 0.15) is 24.0 Å². The molecule has 0 unspecified atom stereocenters. The molecule has 0 saturated heterocycles. The van der Waals surface area contributed by atoms with Gasteiger partial charge in [0.05, 0.1) is 6.61 Å². The standard InChI is InChI=1S/C20H23ClN2O4/c1-14-5-7-16(8-6-14)26-11-3-4-19(24)22-23-20(25)13-27-17-9-10-18(21)15(2)12-17/h5-10,12H,3-4,11,13H2,1-2H3,(H,22,24)(H,23,25). The van der Waals surface area contributed by atoms with Crippen LogP contribution >= 0.6 is 11.6 Å². The SMILES string of the molecule is Cc1ccc(OCCCC(=O)NNC(=O)COc2ccc(Cl)c(C)c2)cc1. The van der Waals surface area contributed by atoms with Gasteiger partial charge in [-0.15, -0.1) is 0 Å². The number of aryl methyl sites for hydroxylation is 2. The lowest BCUT2D eigenvalue weighted by molar-refractivity contribution is -0.130. The van der Waals surface area contributed by atoms with Crippen molar-refractivity contribution in [2.75, 3.05) is 13.2 Å². The summed E-state index contributed by atoms with van der Waals surface area (Å²) >= 11 is 5.93. The first-order valence-electron chi connectivity index (χ1n) is 8.60. The first-order valence-corrected chi connectivity index (χ1v) is 8.98. The second-order valence-corrected chi connectivity index (χ2v) is 6.47. The fourth-order valence-corrected chi connectivity index (χ4v) is 2.27. The van der Waals surface area contributed by atoms with Gasteiger partial charge in [0.25, 0.3) is 5.91 Å². The van der Waals surface area contributed by atoms with Crippen LogP contribution in [-0.4, -0.2) is 25.0 Å². The fourth-order valence-electron chi connectivity index (χ4n) is 2.15. The summed E-state index contributed by atoms with van der Waals surface area (Å²) in [6.07, 6.45) is 0.777. The van der Waals surface area contributed by atoms with Crippen LogP contribution in [0.3, 0.4) is 0 Å². The molecule has 0 bridgehead atoms. The van der Waals surface area contributed by atoms with Gasteiger partial charge in [0, 0.05) is 11.4 Å². The molecule has 2 N–H and O–H groups in total. The zero-order chi connectivity index (χ0) is 19.6. The van der Waals surface area contributed by atoms with Gasteiger partial charge in [-0.1, -0.05) is 29.3 Å². The minimum absolute atomic E-state index is 0.210. The molecule has 0 fully saturated rings. The molecule has 0 aliphatic rings. The summed E-state index contributed by atoms with van der Waals surface area (Å²) in [4.78, 5) is 23.4. The molecular formula is C20H23ClN2O4. The number of hydrogen-bond donors (Lipinski definition) is 2. The van der Waals surface area contributed by atoms with Gasteiger partial charge in [0.1, 0.15) is 11.5 Å². The van der Waals surface area contributed by atoms with E-state index in [-0.39, 0.29) is 18.9 Å². The molecule has 144 valence electrons. The molecule has 6 nitrogen and oxygen atoms in total. The van der Waals surface area contributed by atoms with E-state index in [0.717, 1.165) is 16.9 Å². The van der Waals surface area contributed by atoms with Crippen molar-refractivity contribution in [1.82, 2.24) is 10.9 Å². The molecule has 7 heteroatoms. The molecule has 2 rings (SSSR count). The van der Waals surface area contributed by atoms with Crippen molar-refractivity contribution >= 4 is 23.4 Å². The third-order valence-corrected chi connectivity index (χ3v) is 4.10. The quantitative estimate of drug-likeness (QED) is 0.535. The van der Waals surface area contributed by atoms with Gasteiger partial charge in [-0.2, -0.15) is 0 Å². The third-order valence-electron chi connectivity index (χ3n) is 3.68. The number of ether oxygens (including phenoxy) is 2. The highest BCUT2D eigenvalue weighted by Crippen LogP contribution is 2.20. The summed E-state index contributed by atoms with van der Waals surface area (Å²) in [6, 6.07) is 12.8. The van der Waals surface area contributed by atoms with E-state index in [9.17, 15) is 9.59 Å². The molecule has 0 aliphatic carbocycles. The lowest BCUT2D eigenvalue weighted by atomic mass is 10.2. The van der Waals surface area contributed by atoms with Crippen molar-refractivity contribution in [3.63, 3.8) is 0 Å². The van der Waals surface area contributed by atoms with E-state index in [2.05, 4.69) is 10.9 Å². The first-order chi connectivity index (χ1) is 12.9. The van der Waals surface area contributed by atoms with Crippen molar-refractivity contribution in [3.05, 3.63) is 58.6 Å². The predicted octanol–water partition coefficient (Wildman–Crippen LogP) is 3.34. The minimum atomic E-state index is -0.452. The maximum absolute atomic E-state index is 11.7. The van der Waals surface area contributed by atoms with Crippen molar-refractivity contribution < 1.29 is 19.1 Å². The van der Waals surface area contributed by atoms with Crippen LogP contribution in [0.4, 0.5) is 0 Å². The summed E-state index contributed by atoms with van der Waals surface area (Å²) in [5.41, 5.74) is 6.68. The topological polar surface area (TPSA) is 76.7 Å². The Balaban J connectivity index is 1.58. The molecule has 0 saturated carbocycles.